The van der Waals surface area contributed by atoms with Crippen molar-refractivity contribution in [3.63, 3.8) is 0 Å². The second-order valence-electron chi connectivity index (χ2n) is 5.19. The van der Waals surface area contributed by atoms with Gasteiger partial charge in [-0.15, -0.1) is 12.4 Å². The molecule has 0 saturated carbocycles. The SMILES string of the molecule is C1=Cc2c(n3c4ccccc4c4cccc2c43)C=CN1.Cl. The predicted molar refractivity (Wildman–Crippen MR) is 92.0 cm³/mol. The van der Waals surface area contributed by atoms with Crippen LogP contribution in [0.15, 0.2) is 54.9 Å². The minimum absolute atomic E-state index is 0. The van der Waals surface area contributed by atoms with Crippen molar-refractivity contribution in [2.45, 2.75) is 0 Å². The molecule has 0 bridgehead atoms. The van der Waals surface area contributed by atoms with Crippen molar-refractivity contribution < 1.29 is 0 Å². The van der Waals surface area contributed by atoms with Crippen molar-refractivity contribution in [1.29, 1.82) is 0 Å². The monoisotopic (exact) mass is 292 g/mol. The molecule has 2 nitrogen and oxygen atoms in total. The predicted octanol–water partition coefficient (Wildman–Crippen LogP) is 4.65. The molecule has 1 N–H and O–H groups in total. The highest BCUT2D eigenvalue weighted by atomic mass is 35.5. The van der Waals surface area contributed by atoms with Crippen LogP contribution in [0.2, 0.25) is 0 Å². The van der Waals surface area contributed by atoms with Crippen molar-refractivity contribution in [3.05, 3.63) is 66.1 Å². The lowest BCUT2D eigenvalue weighted by Gasteiger charge is -1.98. The molecule has 1 aliphatic heterocycles. The van der Waals surface area contributed by atoms with E-state index >= 15 is 0 Å². The Morgan fingerprint density at radius 3 is 2.48 bits per heavy atom. The van der Waals surface area contributed by atoms with Crippen molar-refractivity contribution in [2.24, 2.45) is 0 Å². The smallest absolute Gasteiger partial charge is 0.0620 e. The molecule has 21 heavy (non-hydrogen) atoms. The summed E-state index contributed by atoms with van der Waals surface area (Å²) in [6.45, 7) is 0. The maximum Gasteiger partial charge on any atom is 0.0620 e. The summed E-state index contributed by atoms with van der Waals surface area (Å²) in [7, 11) is 0. The third-order valence-electron chi connectivity index (χ3n) is 4.19. The Kier molecular flexibility index (Phi) is 2.50. The normalized spacial score (nSPS) is 13.3. The first-order valence-electron chi connectivity index (χ1n) is 6.81. The van der Waals surface area contributed by atoms with E-state index in [1.165, 1.54) is 38.4 Å². The van der Waals surface area contributed by atoms with Gasteiger partial charge in [-0.25, -0.2) is 0 Å². The van der Waals surface area contributed by atoms with Gasteiger partial charge in [0.05, 0.1) is 16.7 Å². The zero-order valence-electron chi connectivity index (χ0n) is 11.2. The number of nitrogens with one attached hydrogen (secondary N) is 1. The molecule has 5 rings (SSSR count). The lowest BCUT2D eigenvalue weighted by atomic mass is 10.1. The van der Waals surface area contributed by atoms with E-state index in [0.717, 1.165) is 0 Å². The van der Waals surface area contributed by atoms with E-state index in [9.17, 15) is 0 Å². The molecule has 0 amide bonds. The van der Waals surface area contributed by atoms with Crippen molar-refractivity contribution >= 4 is 51.8 Å². The summed E-state index contributed by atoms with van der Waals surface area (Å²) in [6.07, 6.45) is 8.30. The van der Waals surface area contributed by atoms with Crippen LogP contribution in [0, 0.1) is 0 Å². The number of hydrogen-bond acceptors (Lipinski definition) is 1. The molecule has 0 saturated heterocycles. The molecule has 0 unspecified atom stereocenters. The highest BCUT2D eigenvalue weighted by Crippen LogP contribution is 2.38. The highest BCUT2D eigenvalue weighted by Gasteiger charge is 2.18. The van der Waals surface area contributed by atoms with Crippen LogP contribution >= 0.6 is 12.4 Å². The number of rotatable bonds is 0. The number of benzene rings is 2. The first-order valence-corrected chi connectivity index (χ1v) is 6.81. The van der Waals surface area contributed by atoms with Crippen LogP contribution in [0.1, 0.15) is 11.3 Å². The molecular formula is C18H13ClN2. The van der Waals surface area contributed by atoms with Crippen LogP contribution in [0.3, 0.4) is 0 Å². The molecule has 1 aliphatic rings. The summed E-state index contributed by atoms with van der Waals surface area (Å²) in [5, 5.41) is 7.14. The first-order chi connectivity index (χ1) is 9.95. The van der Waals surface area contributed by atoms with E-state index in [2.05, 4.69) is 64.3 Å². The fourth-order valence-electron chi connectivity index (χ4n) is 3.40. The lowest BCUT2D eigenvalue weighted by Crippen LogP contribution is -1.88. The van der Waals surface area contributed by atoms with Crippen LogP contribution in [-0.4, -0.2) is 4.40 Å². The largest absolute Gasteiger partial charge is 0.368 e. The number of para-hydroxylation sites is 2. The molecule has 0 spiro atoms. The zero-order valence-corrected chi connectivity index (χ0v) is 12.0. The summed E-state index contributed by atoms with van der Waals surface area (Å²) in [4.78, 5) is 0. The quantitative estimate of drug-likeness (QED) is 0.499. The van der Waals surface area contributed by atoms with Crippen molar-refractivity contribution in [2.75, 3.05) is 0 Å². The maximum absolute atomic E-state index is 3.16. The van der Waals surface area contributed by atoms with Gasteiger partial charge in [-0.3, -0.25) is 0 Å². The van der Waals surface area contributed by atoms with Crippen molar-refractivity contribution in [3.8, 4) is 0 Å². The topological polar surface area (TPSA) is 16.4 Å². The Bertz CT molecular complexity index is 1020. The Balaban J connectivity index is 0.00000115. The second kappa shape index (κ2) is 4.27. The standard InChI is InChI=1S/C18H12N2.ClH/c1-2-7-16-12(4-1)14-5-3-6-15-13-8-10-19-11-9-17(13)20(16)18(14)15;/h1-11,19H;1H. The van der Waals surface area contributed by atoms with Crippen LogP contribution in [0.5, 0.6) is 0 Å². The molecule has 3 heteroatoms. The van der Waals surface area contributed by atoms with Gasteiger partial charge < -0.3 is 9.72 Å². The number of hydrogen-bond donors (Lipinski definition) is 1. The van der Waals surface area contributed by atoms with E-state index in [0.29, 0.717) is 0 Å². The van der Waals surface area contributed by atoms with E-state index in [1.54, 1.807) is 0 Å². The van der Waals surface area contributed by atoms with Gasteiger partial charge in [0.2, 0.25) is 0 Å². The van der Waals surface area contributed by atoms with Crippen LogP contribution in [0.4, 0.5) is 0 Å². The van der Waals surface area contributed by atoms with Gasteiger partial charge in [0, 0.05) is 34.1 Å². The third-order valence-corrected chi connectivity index (χ3v) is 4.19. The van der Waals surface area contributed by atoms with E-state index in [1.807, 2.05) is 12.4 Å². The third kappa shape index (κ3) is 1.43. The van der Waals surface area contributed by atoms with E-state index in [-0.39, 0.29) is 12.4 Å². The van der Waals surface area contributed by atoms with Gasteiger partial charge in [0.1, 0.15) is 0 Å². The summed E-state index contributed by atoms with van der Waals surface area (Å²) < 4.78 is 2.38. The molecule has 2 aromatic heterocycles. The van der Waals surface area contributed by atoms with Crippen LogP contribution in [0.25, 0.3) is 39.3 Å². The van der Waals surface area contributed by atoms with Gasteiger partial charge in [-0.2, -0.15) is 0 Å². The number of fused-ring (bicyclic) bond motifs is 6. The fraction of sp³-hybridized carbons (Fsp3) is 0. The average molecular weight is 293 g/mol. The maximum atomic E-state index is 3.16. The minimum atomic E-state index is 0. The average Bonchev–Trinajstić information content (AvgIpc) is 2.87. The number of aromatic nitrogens is 1. The molecule has 0 radical (unpaired) electrons. The Labute approximate surface area is 128 Å². The van der Waals surface area contributed by atoms with Crippen LogP contribution in [-0.2, 0) is 0 Å². The molecule has 3 heterocycles. The second-order valence-corrected chi connectivity index (χ2v) is 5.19. The molecule has 0 aliphatic carbocycles. The summed E-state index contributed by atoms with van der Waals surface area (Å²) in [5.41, 5.74) is 5.14. The number of halogens is 1. The van der Waals surface area contributed by atoms with Crippen LogP contribution < -0.4 is 5.32 Å². The molecule has 0 atom stereocenters. The molecule has 0 fully saturated rings. The summed E-state index contributed by atoms with van der Waals surface area (Å²) >= 11 is 0. The van der Waals surface area contributed by atoms with E-state index in [4.69, 9.17) is 0 Å². The molecule has 2 aromatic carbocycles. The highest BCUT2D eigenvalue weighted by molar-refractivity contribution is 6.17. The zero-order chi connectivity index (χ0) is 13.1. The molecular weight excluding hydrogens is 280 g/mol. The summed E-state index contributed by atoms with van der Waals surface area (Å²) in [6, 6.07) is 15.2. The van der Waals surface area contributed by atoms with E-state index < -0.39 is 0 Å². The van der Waals surface area contributed by atoms with Gasteiger partial charge >= 0.3 is 0 Å². The lowest BCUT2D eigenvalue weighted by molar-refractivity contribution is 1.22. The van der Waals surface area contributed by atoms with Crippen molar-refractivity contribution in [1.82, 2.24) is 9.72 Å². The first kappa shape index (κ1) is 12.3. The fourth-order valence-corrected chi connectivity index (χ4v) is 3.40. The summed E-state index contributed by atoms with van der Waals surface area (Å²) in [5.74, 6) is 0. The van der Waals surface area contributed by atoms with Gasteiger partial charge in [0.25, 0.3) is 0 Å². The Morgan fingerprint density at radius 2 is 1.52 bits per heavy atom. The van der Waals surface area contributed by atoms with Gasteiger partial charge in [-0.05, 0) is 18.2 Å². The molecule has 4 aromatic rings. The van der Waals surface area contributed by atoms with Gasteiger partial charge in [-0.1, -0.05) is 36.4 Å². The molecule has 102 valence electrons. The number of nitrogens with zero attached hydrogens (tertiary/aromatic N) is 1. The van der Waals surface area contributed by atoms with Gasteiger partial charge in [0.15, 0.2) is 0 Å². The Morgan fingerprint density at radius 1 is 0.762 bits per heavy atom. The minimum Gasteiger partial charge on any atom is -0.368 e. The Hall–Kier alpha value is -2.45.